The minimum absolute atomic E-state index is 0.256. The second-order valence-electron chi connectivity index (χ2n) is 4.29. The number of para-hydroxylation sites is 1. The van der Waals surface area contributed by atoms with Crippen molar-refractivity contribution in [3.8, 4) is 0 Å². The standard InChI is InChI=1S/C15H13F3N2OS/c1-2-22-14-10(6-5-9-19-14)13(21)20-12-8-4-3-7-11(12)15(16,17)18/h3-9H,2H2,1H3,(H,20,21). The van der Waals surface area contributed by atoms with Crippen molar-refractivity contribution in [2.75, 3.05) is 11.1 Å². The number of rotatable bonds is 4. The molecule has 2 aromatic rings. The number of aromatic nitrogens is 1. The highest BCUT2D eigenvalue weighted by Crippen LogP contribution is 2.35. The second-order valence-corrected chi connectivity index (χ2v) is 5.54. The third-order valence-electron chi connectivity index (χ3n) is 2.78. The molecule has 7 heteroatoms. The molecular formula is C15H13F3N2OS. The number of alkyl halides is 3. The number of nitrogens with one attached hydrogen (secondary N) is 1. The predicted molar refractivity (Wildman–Crippen MR) is 80.0 cm³/mol. The van der Waals surface area contributed by atoms with Crippen molar-refractivity contribution in [2.24, 2.45) is 0 Å². The van der Waals surface area contributed by atoms with E-state index in [0.29, 0.717) is 10.8 Å². The number of benzene rings is 1. The van der Waals surface area contributed by atoms with Crippen LogP contribution in [0.2, 0.25) is 0 Å². The Hall–Kier alpha value is -2.02. The Labute approximate surface area is 129 Å². The molecule has 116 valence electrons. The molecule has 1 amide bonds. The summed E-state index contributed by atoms with van der Waals surface area (Å²) in [7, 11) is 0. The van der Waals surface area contributed by atoms with Crippen molar-refractivity contribution < 1.29 is 18.0 Å². The molecule has 0 radical (unpaired) electrons. The summed E-state index contributed by atoms with van der Waals surface area (Å²) < 4.78 is 38.8. The number of hydrogen-bond donors (Lipinski definition) is 1. The average molecular weight is 326 g/mol. The normalized spacial score (nSPS) is 11.3. The molecule has 1 aromatic carbocycles. The molecule has 3 nitrogen and oxygen atoms in total. The van der Waals surface area contributed by atoms with Crippen LogP contribution in [0.25, 0.3) is 0 Å². The quantitative estimate of drug-likeness (QED) is 0.843. The Morgan fingerprint density at radius 3 is 2.64 bits per heavy atom. The van der Waals surface area contributed by atoms with Gasteiger partial charge in [-0.2, -0.15) is 13.2 Å². The number of amides is 1. The van der Waals surface area contributed by atoms with Gasteiger partial charge in [-0.1, -0.05) is 19.1 Å². The van der Waals surface area contributed by atoms with Crippen molar-refractivity contribution in [3.63, 3.8) is 0 Å². The molecule has 0 fully saturated rings. The van der Waals surface area contributed by atoms with Crippen LogP contribution in [0.4, 0.5) is 18.9 Å². The van der Waals surface area contributed by atoms with Crippen LogP contribution in [-0.2, 0) is 6.18 Å². The Morgan fingerprint density at radius 2 is 1.95 bits per heavy atom. The van der Waals surface area contributed by atoms with Crippen molar-refractivity contribution in [1.29, 1.82) is 0 Å². The summed E-state index contributed by atoms with van der Waals surface area (Å²) in [6.45, 7) is 1.90. The third-order valence-corrected chi connectivity index (χ3v) is 3.66. The van der Waals surface area contributed by atoms with Gasteiger partial charge in [0.05, 0.1) is 16.8 Å². The van der Waals surface area contributed by atoms with Crippen LogP contribution in [0, 0.1) is 0 Å². The van der Waals surface area contributed by atoms with E-state index in [-0.39, 0.29) is 11.3 Å². The van der Waals surface area contributed by atoms with Crippen molar-refractivity contribution in [3.05, 3.63) is 53.7 Å². The van der Waals surface area contributed by atoms with Gasteiger partial charge in [0.2, 0.25) is 0 Å². The van der Waals surface area contributed by atoms with E-state index >= 15 is 0 Å². The first-order valence-electron chi connectivity index (χ1n) is 6.49. The minimum atomic E-state index is -4.53. The van der Waals surface area contributed by atoms with Gasteiger partial charge < -0.3 is 5.32 Å². The monoisotopic (exact) mass is 326 g/mol. The average Bonchev–Trinajstić information content (AvgIpc) is 2.47. The van der Waals surface area contributed by atoms with Gasteiger partial charge in [0.15, 0.2) is 0 Å². The molecule has 22 heavy (non-hydrogen) atoms. The largest absolute Gasteiger partial charge is 0.418 e. The number of anilines is 1. The van der Waals surface area contributed by atoms with Crippen LogP contribution in [-0.4, -0.2) is 16.6 Å². The molecular weight excluding hydrogens is 313 g/mol. The van der Waals surface area contributed by atoms with Crippen LogP contribution >= 0.6 is 11.8 Å². The molecule has 0 spiro atoms. The van der Waals surface area contributed by atoms with Crippen LogP contribution in [0.1, 0.15) is 22.8 Å². The van der Waals surface area contributed by atoms with E-state index in [9.17, 15) is 18.0 Å². The molecule has 0 aliphatic rings. The summed E-state index contributed by atoms with van der Waals surface area (Å²) in [5.41, 5.74) is -0.889. The maximum absolute atomic E-state index is 12.9. The number of hydrogen-bond acceptors (Lipinski definition) is 3. The number of carbonyl (C=O) groups excluding carboxylic acids is 1. The lowest BCUT2D eigenvalue weighted by molar-refractivity contribution is -0.136. The first-order chi connectivity index (χ1) is 10.4. The molecule has 1 N–H and O–H groups in total. The third kappa shape index (κ3) is 3.79. The van der Waals surface area contributed by atoms with E-state index in [1.165, 1.54) is 36.0 Å². The van der Waals surface area contributed by atoms with E-state index in [1.807, 2.05) is 6.92 Å². The maximum Gasteiger partial charge on any atom is 0.418 e. The summed E-state index contributed by atoms with van der Waals surface area (Å²) >= 11 is 1.36. The van der Waals surface area contributed by atoms with Gasteiger partial charge in [-0.15, -0.1) is 11.8 Å². The summed E-state index contributed by atoms with van der Waals surface area (Å²) in [5, 5.41) is 2.81. The highest BCUT2D eigenvalue weighted by Gasteiger charge is 2.33. The number of thioether (sulfide) groups is 1. The highest BCUT2D eigenvalue weighted by atomic mass is 32.2. The zero-order valence-electron chi connectivity index (χ0n) is 11.6. The smallest absolute Gasteiger partial charge is 0.321 e. The van der Waals surface area contributed by atoms with Crippen LogP contribution < -0.4 is 5.32 Å². The van der Waals surface area contributed by atoms with Gasteiger partial charge in [-0.25, -0.2) is 4.98 Å². The van der Waals surface area contributed by atoms with E-state index in [1.54, 1.807) is 12.3 Å². The lowest BCUT2D eigenvalue weighted by Gasteiger charge is -2.14. The Bertz CT molecular complexity index is 674. The minimum Gasteiger partial charge on any atom is -0.321 e. The van der Waals surface area contributed by atoms with Crippen LogP contribution in [0.3, 0.4) is 0 Å². The molecule has 0 bridgehead atoms. The zero-order chi connectivity index (χ0) is 16.2. The van der Waals surface area contributed by atoms with Gasteiger partial charge in [0.1, 0.15) is 5.03 Å². The second kappa shape index (κ2) is 6.83. The van der Waals surface area contributed by atoms with Gasteiger partial charge in [0, 0.05) is 6.20 Å². The van der Waals surface area contributed by atoms with E-state index in [0.717, 1.165) is 6.07 Å². The molecule has 2 rings (SSSR count). The molecule has 1 aromatic heterocycles. The number of halogens is 3. The lowest BCUT2D eigenvalue weighted by atomic mass is 10.1. The van der Waals surface area contributed by atoms with Gasteiger partial charge in [-0.3, -0.25) is 4.79 Å². The fourth-order valence-electron chi connectivity index (χ4n) is 1.84. The first kappa shape index (κ1) is 16.4. The number of nitrogens with zero attached hydrogens (tertiary/aromatic N) is 1. The maximum atomic E-state index is 12.9. The summed E-state index contributed by atoms with van der Waals surface area (Å²) in [5.74, 6) is 0.0944. The summed E-state index contributed by atoms with van der Waals surface area (Å²) in [6.07, 6.45) is -2.99. The Kier molecular flexibility index (Phi) is 5.07. The lowest BCUT2D eigenvalue weighted by Crippen LogP contribution is -2.17. The van der Waals surface area contributed by atoms with Crippen molar-refractivity contribution in [2.45, 2.75) is 18.1 Å². The molecule has 1 heterocycles. The fraction of sp³-hybridized carbons (Fsp3) is 0.200. The number of pyridine rings is 1. The summed E-state index contributed by atoms with van der Waals surface area (Å²) in [6, 6.07) is 7.99. The van der Waals surface area contributed by atoms with Gasteiger partial charge in [-0.05, 0) is 30.0 Å². The number of carbonyl (C=O) groups is 1. The molecule has 0 atom stereocenters. The van der Waals surface area contributed by atoms with E-state index in [2.05, 4.69) is 10.3 Å². The van der Waals surface area contributed by atoms with E-state index < -0.39 is 17.6 Å². The molecule has 0 aliphatic heterocycles. The summed E-state index contributed by atoms with van der Waals surface area (Å²) in [4.78, 5) is 16.3. The van der Waals surface area contributed by atoms with E-state index in [4.69, 9.17) is 0 Å². The highest BCUT2D eigenvalue weighted by molar-refractivity contribution is 7.99. The molecule has 0 saturated carbocycles. The molecule has 0 aliphatic carbocycles. The molecule has 0 saturated heterocycles. The zero-order valence-corrected chi connectivity index (χ0v) is 12.5. The first-order valence-corrected chi connectivity index (χ1v) is 7.47. The van der Waals surface area contributed by atoms with Crippen LogP contribution in [0.5, 0.6) is 0 Å². The fourth-order valence-corrected chi connectivity index (χ4v) is 2.57. The van der Waals surface area contributed by atoms with Gasteiger partial charge >= 0.3 is 6.18 Å². The van der Waals surface area contributed by atoms with Crippen molar-refractivity contribution >= 4 is 23.4 Å². The molecule has 0 unspecified atom stereocenters. The predicted octanol–water partition coefficient (Wildman–Crippen LogP) is 4.46. The Morgan fingerprint density at radius 1 is 1.23 bits per heavy atom. The SMILES string of the molecule is CCSc1ncccc1C(=O)Nc1ccccc1C(F)(F)F. The van der Waals surface area contributed by atoms with Crippen LogP contribution in [0.15, 0.2) is 47.6 Å². The van der Waals surface area contributed by atoms with Gasteiger partial charge in [0.25, 0.3) is 5.91 Å². The van der Waals surface area contributed by atoms with Crippen molar-refractivity contribution in [1.82, 2.24) is 4.98 Å². The Balaban J connectivity index is 2.31. The topological polar surface area (TPSA) is 42.0 Å².